The zero-order chi connectivity index (χ0) is 13.7. The normalized spacial score (nSPS) is 13.1. The van der Waals surface area contributed by atoms with Gasteiger partial charge in [-0.1, -0.05) is 50.2 Å². The number of aliphatic hydroxyl groups excluding tert-OH is 1. The molecule has 0 unspecified atom stereocenters. The Hall–Kier alpha value is -1.03. The van der Waals surface area contributed by atoms with Crippen molar-refractivity contribution in [3.63, 3.8) is 0 Å². The third-order valence-electron chi connectivity index (χ3n) is 2.94. The van der Waals surface area contributed by atoms with Crippen molar-refractivity contribution in [3.05, 3.63) is 42.5 Å². The molecule has 0 saturated heterocycles. The number of benzene rings is 2. The molecule has 0 fully saturated rings. The Morgan fingerprint density at radius 1 is 1.11 bits per heavy atom. The predicted octanol–water partition coefficient (Wildman–Crippen LogP) is 3.29. The number of fused-ring (bicyclic) bond motifs is 1. The maximum atomic E-state index is 9.95. The summed E-state index contributed by atoms with van der Waals surface area (Å²) in [5, 5.41) is 15.7. The fourth-order valence-electron chi connectivity index (χ4n) is 1.94. The minimum atomic E-state index is -0.314. The second kappa shape index (κ2) is 6.94. The van der Waals surface area contributed by atoms with Crippen molar-refractivity contribution in [1.29, 1.82) is 0 Å². The first-order valence-electron chi connectivity index (χ1n) is 6.69. The van der Waals surface area contributed by atoms with Crippen LogP contribution in [0.5, 0.6) is 0 Å². The van der Waals surface area contributed by atoms with Crippen molar-refractivity contribution in [1.82, 2.24) is 5.32 Å². The standard InChI is InChI=1S/C16H21NOS/c1-12(2)17-10-14(18)11-19-16-9-5-7-13-6-3-4-8-15(13)16/h3-9,12,14,17-18H,10-11H2,1-2H3/t14-/m0/s1. The lowest BCUT2D eigenvalue weighted by molar-refractivity contribution is 0.192. The van der Waals surface area contributed by atoms with Crippen LogP contribution in [0.2, 0.25) is 0 Å². The van der Waals surface area contributed by atoms with Crippen molar-refractivity contribution in [2.24, 2.45) is 0 Å². The van der Waals surface area contributed by atoms with Crippen LogP contribution in [0.25, 0.3) is 10.8 Å². The van der Waals surface area contributed by atoms with Crippen molar-refractivity contribution in [2.75, 3.05) is 12.3 Å². The summed E-state index contributed by atoms with van der Waals surface area (Å²) in [5.74, 6) is 0.716. The van der Waals surface area contributed by atoms with Crippen LogP contribution in [0.1, 0.15) is 13.8 Å². The molecule has 0 aliphatic rings. The SMILES string of the molecule is CC(C)NC[C@H](O)CSc1cccc2ccccc12. The molecule has 0 saturated carbocycles. The van der Waals surface area contributed by atoms with Gasteiger partial charge < -0.3 is 10.4 Å². The van der Waals surface area contributed by atoms with Gasteiger partial charge in [-0.2, -0.15) is 0 Å². The van der Waals surface area contributed by atoms with Crippen LogP contribution in [0.3, 0.4) is 0 Å². The van der Waals surface area contributed by atoms with Crippen LogP contribution in [-0.2, 0) is 0 Å². The predicted molar refractivity (Wildman–Crippen MR) is 83.8 cm³/mol. The van der Waals surface area contributed by atoms with E-state index in [1.54, 1.807) is 11.8 Å². The van der Waals surface area contributed by atoms with E-state index in [9.17, 15) is 5.11 Å². The Kier molecular flexibility index (Phi) is 5.25. The molecule has 2 rings (SSSR count). The summed E-state index contributed by atoms with van der Waals surface area (Å²) in [7, 11) is 0. The number of hydrogen-bond donors (Lipinski definition) is 2. The van der Waals surface area contributed by atoms with E-state index < -0.39 is 0 Å². The van der Waals surface area contributed by atoms with E-state index in [0.717, 1.165) is 0 Å². The van der Waals surface area contributed by atoms with Crippen molar-refractivity contribution >= 4 is 22.5 Å². The molecular formula is C16H21NOS. The summed E-state index contributed by atoms with van der Waals surface area (Å²) in [6.45, 7) is 4.82. The highest BCUT2D eigenvalue weighted by Crippen LogP contribution is 2.28. The zero-order valence-corrected chi connectivity index (χ0v) is 12.3. The average molecular weight is 275 g/mol. The van der Waals surface area contributed by atoms with Gasteiger partial charge in [-0.15, -0.1) is 11.8 Å². The summed E-state index contributed by atoms with van der Waals surface area (Å²) < 4.78 is 0. The van der Waals surface area contributed by atoms with Gasteiger partial charge in [-0.3, -0.25) is 0 Å². The van der Waals surface area contributed by atoms with Gasteiger partial charge in [0.25, 0.3) is 0 Å². The lowest BCUT2D eigenvalue weighted by Gasteiger charge is -2.14. The zero-order valence-electron chi connectivity index (χ0n) is 11.5. The molecule has 19 heavy (non-hydrogen) atoms. The third kappa shape index (κ3) is 4.23. The quantitative estimate of drug-likeness (QED) is 0.794. The number of rotatable bonds is 6. The first-order valence-corrected chi connectivity index (χ1v) is 7.67. The van der Waals surface area contributed by atoms with Gasteiger partial charge in [0.05, 0.1) is 6.10 Å². The van der Waals surface area contributed by atoms with Gasteiger partial charge in [0, 0.05) is 23.2 Å². The molecule has 1 atom stereocenters. The Morgan fingerprint density at radius 2 is 1.84 bits per heavy atom. The van der Waals surface area contributed by atoms with E-state index in [1.807, 2.05) is 0 Å². The van der Waals surface area contributed by atoms with Gasteiger partial charge in [0.15, 0.2) is 0 Å². The fraction of sp³-hybridized carbons (Fsp3) is 0.375. The number of thioether (sulfide) groups is 1. The minimum Gasteiger partial charge on any atom is -0.391 e. The second-order valence-corrected chi connectivity index (χ2v) is 6.07. The molecule has 3 heteroatoms. The summed E-state index contributed by atoms with van der Waals surface area (Å²) >= 11 is 1.72. The maximum Gasteiger partial charge on any atom is 0.0758 e. The number of nitrogens with one attached hydrogen (secondary N) is 1. The molecule has 0 bridgehead atoms. The van der Waals surface area contributed by atoms with Gasteiger partial charge in [0.1, 0.15) is 0 Å². The molecule has 102 valence electrons. The van der Waals surface area contributed by atoms with Crippen LogP contribution >= 0.6 is 11.8 Å². The summed E-state index contributed by atoms with van der Waals surface area (Å²) in [6, 6.07) is 15.1. The molecule has 0 aliphatic heterocycles. The van der Waals surface area contributed by atoms with Gasteiger partial charge in [-0.25, -0.2) is 0 Å². The Bertz CT molecular complexity index is 522. The van der Waals surface area contributed by atoms with E-state index in [-0.39, 0.29) is 6.10 Å². The molecule has 0 spiro atoms. The Morgan fingerprint density at radius 3 is 2.63 bits per heavy atom. The summed E-state index contributed by atoms with van der Waals surface area (Å²) in [5.41, 5.74) is 0. The second-order valence-electron chi connectivity index (χ2n) is 5.01. The Labute approximate surface area is 119 Å². The highest BCUT2D eigenvalue weighted by molar-refractivity contribution is 7.99. The van der Waals surface area contributed by atoms with E-state index in [1.165, 1.54) is 15.7 Å². The molecule has 2 aromatic carbocycles. The van der Waals surface area contributed by atoms with E-state index >= 15 is 0 Å². The summed E-state index contributed by atoms with van der Waals surface area (Å²) in [6.07, 6.45) is -0.314. The summed E-state index contributed by atoms with van der Waals surface area (Å²) in [4.78, 5) is 1.24. The molecule has 0 aromatic heterocycles. The molecule has 0 aliphatic carbocycles. The fourth-order valence-corrected chi connectivity index (χ4v) is 2.94. The maximum absolute atomic E-state index is 9.95. The highest BCUT2D eigenvalue weighted by atomic mass is 32.2. The molecule has 0 radical (unpaired) electrons. The number of hydrogen-bond acceptors (Lipinski definition) is 3. The van der Waals surface area contributed by atoms with E-state index in [4.69, 9.17) is 0 Å². The first-order chi connectivity index (χ1) is 9.16. The molecule has 2 aromatic rings. The third-order valence-corrected chi connectivity index (χ3v) is 4.16. The van der Waals surface area contributed by atoms with Crippen molar-refractivity contribution in [2.45, 2.75) is 30.9 Å². The first kappa shape index (κ1) is 14.4. The van der Waals surface area contributed by atoms with Crippen LogP contribution in [0, 0.1) is 0 Å². The average Bonchev–Trinajstić information content (AvgIpc) is 2.42. The smallest absolute Gasteiger partial charge is 0.0758 e. The van der Waals surface area contributed by atoms with Crippen LogP contribution in [0.4, 0.5) is 0 Å². The van der Waals surface area contributed by atoms with Crippen LogP contribution < -0.4 is 5.32 Å². The van der Waals surface area contributed by atoms with Crippen molar-refractivity contribution in [3.8, 4) is 0 Å². The molecule has 2 nitrogen and oxygen atoms in total. The monoisotopic (exact) mass is 275 g/mol. The minimum absolute atomic E-state index is 0.314. The molecule has 0 heterocycles. The molecule has 0 amide bonds. The van der Waals surface area contributed by atoms with Gasteiger partial charge in [-0.05, 0) is 16.8 Å². The van der Waals surface area contributed by atoms with E-state index in [0.29, 0.717) is 18.3 Å². The molecule has 2 N–H and O–H groups in total. The lowest BCUT2D eigenvalue weighted by atomic mass is 10.1. The molecular weight excluding hydrogens is 254 g/mol. The van der Waals surface area contributed by atoms with E-state index in [2.05, 4.69) is 61.6 Å². The number of aliphatic hydroxyl groups is 1. The van der Waals surface area contributed by atoms with Gasteiger partial charge >= 0.3 is 0 Å². The topological polar surface area (TPSA) is 32.3 Å². The van der Waals surface area contributed by atoms with Gasteiger partial charge in [0.2, 0.25) is 0 Å². The Balaban J connectivity index is 1.98. The van der Waals surface area contributed by atoms with Crippen LogP contribution in [-0.4, -0.2) is 29.5 Å². The lowest BCUT2D eigenvalue weighted by Crippen LogP contribution is -2.33. The van der Waals surface area contributed by atoms with Crippen LogP contribution in [0.15, 0.2) is 47.4 Å². The highest BCUT2D eigenvalue weighted by Gasteiger charge is 2.07. The van der Waals surface area contributed by atoms with Crippen molar-refractivity contribution < 1.29 is 5.11 Å². The largest absolute Gasteiger partial charge is 0.391 e.